The first kappa shape index (κ1) is 12.8. The Bertz CT molecular complexity index is 652. The highest BCUT2D eigenvalue weighted by Gasteiger charge is 2.34. The molecule has 0 radical (unpaired) electrons. The minimum Gasteiger partial charge on any atom is -0.494 e. The molecule has 110 valence electrons. The van der Waals surface area contributed by atoms with Crippen LogP contribution in [0.3, 0.4) is 0 Å². The minimum absolute atomic E-state index is 0.580. The largest absolute Gasteiger partial charge is 0.494 e. The Hall–Kier alpha value is -1.95. The second kappa shape index (κ2) is 5.11. The maximum absolute atomic E-state index is 5.46. The van der Waals surface area contributed by atoms with Crippen molar-refractivity contribution in [3.63, 3.8) is 0 Å². The lowest BCUT2D eigenvalue weighted by Gasteiger charge is -2.35. The van der Waals surface area contributed by atoms with Crippen molar-refractivity contribution in [1.29, 1.82) is 0 Å². The number of methoxy groups -OCH3 is 1. The molecule has 2 aromatic rings. The molecule has 2 aromatic heterocycles. The molecular formula is C15H19N5O. The fraction of sp³-hybridized carbons (Fsp3) is 0.533. The third-order valence-corrected chi connectivity index (χ3v) is 4.41. The number of ether oxygens (including phenoxy) is 1. The molecule has 3 heterocycles. The molecule has 1 N–H and O–H groups in total. The number of aromatic nitrogens is 3. The second-order valence-corrected chi connectivity index (χ2v) is 5.78. The summed E-state index contributed by atoms with van der Waals surface area (Å²) in [7, 11) is 1.66. The highest BCUT2D eigenvalue weighted by molar-refractivity contribution is 5.94. The van der Waals surface area contributed by atoms with Crippen molar-refractivity contribution in [3.05, 3.63) is 18.7 Å². The molecular weight excluding hydrogens is 266 g/mol. The molecule has 1 atom stereocenters. The Labute approximate surface area is 123 Å². The van der Waals surface area contributed by atoms with E-state index in [1.807, 2.05) is 0 Å². The van der Waals surface area contributed by atoms with Gasteiger partial charge in [0.15, 0.2) is 0 Å². The fourth-order valence-corrected chi connectivity index (χ4v) is 3.14. The third kappa shape index (κ3) is 2.29. The number of nitrogens with zero attached hydrogens (tertiary/aromatic N) is 4. The van der Waals surface area contributed by atoms with Gasteiger partial charge in [0.05, 0.1) is 30.4 Å². The molecule has 0 amide bonds. The standard InChI is InChI=1S/C15H19N5O/c1-21-13-7-16-6-11-14(13)15(19-9-18-11)20-5-4-17-12(8-20)10-2-3-10/h6-7,9-10,12,17H,2-5,8H2,1H3/t12-/m1/s1. The van der Waals surface area contributed by atoms with Crippen molar-refractivity contribution in [2.75, 3.05) is 31.6 Å². The summed E-state index contributed by atoms with van der Waals surface area (Å²) >= 11 is 0. The van der Waals surface area contributed by atoms with E-state index in [9.17, 15) is 0 Å². The van der Waals surface area contributed by atoms with Gasteiger partial charge in [-0.2, -0.15) is 0 Å². The first-order valence-corrected chi connectivity index (χ1v) is 7.48. The molecule has 2 fully saturated rings. The lowest BCUT2D eigenvalue weighted by Crippen LogP contribution is -2.52. The van der Waals surface area contributed by atoms with Crippen LogP contribution in [-0.2, 0) is 0 Å². The van der Waals surface area contributed by atoms with Gasteiger partial charge in [0.1, 0.15) is 17.9 Å². The zero-order chi connectivity index (χ0) is 14.2. The SMILES string of the molecule is COc1cncc2ncnc(N3CCN[C@@H](C4CC4)C3)c12. The molecule has 1 saturated heterocycles. The summed E-state index contributed by atoms with van der Waals surface area (Å²) in [6, 6.07) is 0.580. The number of fused-ring (bicyclic) bond motifs is 1. The topological polar surface area (TPSA) is 63.2 Å². The van der Waals surface area contributed by atoms with Crippen LogP contribution in [0.4, 0.5) is 5.82 Å². The summed E-state index contributed by atoms with van der Waals surface area (Å²) in [6.45, 7) is 2.96. The molecule has 6 nitrogen and oxygen atoms in total. The predicted octanol–water partition coefficient (Wildman–Crippen LogP) is 1.22. The molecule has 0 bridgehead atoms. The normalized spacial score (nSPS) is 22.5. The van der Waals surface area contributed by atoms with E-state index >= 15 is 0 Å². The van der Waals surface area contributed by atoms with Gasteiger partial charge in [0, 0.05) is 25.7 Å². The number of hydrogen-bond donors (Lipinski definition) is 1. The van der Waals surface area contributed by atoms with Crippen molar-refractivity contribution < 1.29 is 4.74 Å². The molecule has 1 aliphatic carbocycles. The molecule has 4 rings (SSSR count). The van der Waals surface area contributed by atoms with Crippen molar-refractivity contribution >= 4 is 16.7 Å². The van der Waals surface area contributed by atoms with Crippen LogP contribution in [0.15, 0.2) is 18.7 Å². The van der Waals surface area contributed by atoms with Crippen molar-refractivity contribution in [2.24, 2.45) is 5.92 Å². The zero-order valence-electron chi connectivity index (χ0n) is 12.1. The highest BCUT2D eigenvalue weighted by atomic mass is 16.5. The number of pyridine rings is 1. The fourth-order valence-electron chi connectivity index (χ4n) is 3.14. The van der Waals surface area contributed by atoms with Crippen LogP contribution >= 0.6 is 0 Å². The Morgan fingerprint density at radius 2 is 2.19 bits per heavy atom. The third-order valence-electron chi connectivity index (χ3n) is 4.41. The van der Waals surface area contributed by atoms with Gasteiger partial charge < -0.3 is 15.0 Å². The van der Waals surface area contributed by atoms with Gasteiger partial charge in [-0.1, -0.05) is 0 Å². The second-order valence-electron chi connectivity index (χ2n) is 5.78. The summed E-state index contributed by atoms with van der Waals surface area (Å²) in [6.07, 6.45) is 7.82. The van der Waals surface area contributed by atoms with Gasteiger partial charge in [-0.05, 0) is 18.8 Å². The smallest absolute Gasteiger partial charge is 0.150 e. The van der Waals surface area contributed by atoms with Gasteiger partial charge >= 0.3 is 0 Å². The minimum atomic E-state index is 0.580. The van der Waals surface area contributed by atoms with Crippen LogP contribution < -0.4 is 15.0 Å². The lowest BCUT2D eigenvalue weighted by atomic mass is 10.1. The quantitative estimate of drug-likeness (QED) is 0.915. The van der Waals surface area contributed by atoms with Crippen LogP contribution in [0.1, 0.15) is 12.8 Å². The predicted molar refractivity (Wildman–Crippen MR) is 80.6 cm³/mol. The number of anilines is 1. The molecule has 0 unspecified atom stereocenters. The lowest BCUT2D eigenvalue weighted by molar-refractivity contribution is 0.413. The average molecular weight is 285 g/mol. The van der Waals surface area contributed by atoms with Crippen molar-refractivity contribution in [1.82, 2.24) is 20.3 Å². The van der Waals surface area contributed by atoms with E-state index in [0.29, 0.717) is 6.04 Å². The first-order chi connectivity index (χ1) is 10.4. The molecule has 1 saturated carbocycles. The first-order valence-electron chi connectivity index (χ1n) is 7.48. The number of nitrogens with one attached hydrogen (secondary N) is 1. The summed E-state index contributed by atoms with van der Waals surface area (Å²) in [4.78, 5) is 15.4. The number of hydrogen-bond acceptors (Lipinski definition) is 6. The summed E-state index contributed by atoms with van der Waals surface area (Å²) in [5, 5.41) is 4.59. The molecule has 1 aliphatic heterocycles. The van der Waals surface area contributed by atoms with E-state index in [-0.39, 0.29) is 0 Å². The molecule has 21 heavy (non-hydrogen) atoms. The molecule has 0 aromatic carbocycles. The number of piperazine rings is 1. The van der Waals surface area contributed by atoms with Crippen LogP contribution in [0.5, 0.6) is 5.75 Å². The average Bonchev–Trinajstić information content (AvgIpc) is 3.39. The summed E-state index contributed by atoms with van der Waals surface area (Å²) in [5.74, 6) is 2.54. The Morgan fingerprint density at radius 3 is 3.00 bits per heavy atom. The van der Waals surface area contributed by atoms with E-state index in [0.717, 1.165) is 48.0 Å². The Kier molecular flexibility index (Phi) is 3.11. The van der Waals surface area contributed by atoms with Crippen LogP contribution in [-0.4, -0.2) is 47.7 Å². The van der Waals surface area contributed by atoms with E-state index in [1.165, 1.54) is 12.8 Å². The maximum atomic E-state index is 5.46. The van der Waals surface area contributed by atoms with Crippen LogP contribution in [0.2, 0.25) is 0 Å². The zero-order valence-corrected chi connectivity index (χ0v) is 12.1. The van der Waals surface area contributed by atoms with Gasteiger partial charge in [-0.15, -0.1) is 0 Å². The van der Waals surface area contributed by atoms with E-state index in [1.54, 1.807) is 25.8 Å². The molecule has 0 spiro atoms. The highest BCUT2D eigenvalue weighted by Crippen LogP contribution is 2.36. The monoisotopic (exact) mass is 285 g/mol. The molecule has 2 aliphatic rings. The van der Waals surface area contributed by atoms with Gasteiger partial charge in [-0.3, -0.25) is 4.98 Å². The van der Waals surface area contributed by atoms with E-state index in [4.69, 9.17) is 4.74 Å². The van der Waals surface area contributed by atoms with E-state index < -0.39 is 0 Å². The van der Waals surface area contributed by atoms with Gasteiger partial charge in [0.2, 0.25) is 0 Å². The summed E-state index contributed by atoms with van der Waals surface area (Å²) < 4.78 is 5.46. The van der Waals surface area contributed by atoms with Crippen LogP contribution in [0, 0.1) is 5.92 Å². The van der Waals surface area contributed by atoms with Crippen molar-refractivity contribution in [3.8, 4) is 5.75 Å². The van der Waals surface area contributed by atoms with Crippen molar-refractivity contribution in [2.45, 2.75) is 18.9 Å². The van der Waals surface area contributed by atoms with Gasteiger partial charge in [0.25, 0.3) is 0 Å². The van der Waals surface area contributed by atoms with Crippen LogP contribution in [0.25, 0.3) is 10.9 Å². The van der Waals surface area contributed by atoms with E-state index in [2.05, 4.69) is 25.2 Å². The summed E-state index contributed by atoms with van der Waals surface area (Å²) in [5.41, 5.74) is 0.834. The maximum Gasteiger partial charge on any atom is 0.150 e. The Balaban J connectivity index is 1.75. The number of rotatable bonds is 3. The molecule has 6 heteroatoms. The van der Waals surface area contributed by atoms with Gasteiger partial charge in [-0.25, -0.2) is 9.97 Å². The Morgan fingerprint density at radius 1 is 1.29 bits per heavy atom.